The molecule has 0 aliphatic carbocycles. The normalized spacial score (nSPS) is 30.8. The summed E-state index contributed by atoms with van der Waals surface area (Å²) in [7, 11) is 0. The van der Waals surface area contributed by atoms with E-state index in [-0.39, 0.29) is 23.4 Å². The van der Waals surface area contributed by atoms with Crippen LogP contribution in [0.4, 0.5) is 0 Å². The smallest absolute Gasteiger partial charge is 0.207 e. The van der Waals surface area contributed by atoms with Crippen molar-refractivity contribution in [1.29, 1.82) is 0 Å². The van der Waals surface area contributed by atoms with Gasteiger partial charge in [0.1, 0.15) is 11.5 Å². The van der Waals surface area contributed by atoms with Crippen molar-refractivity contribution < 1.29 is 18.9 Å². The third kappa shape index (κ3) is 4.15. The van der Waals surface area contributed by atoms with E-state index in [1.807, 2.05) is 60.7 Å². The standard InChI is InChI=1S/C25H32O4/c1-3-24(18-26-22(24)28-20-12-7-5-8-13-20)16-11-17-25(4-2)19-27-23(25)29-21-14-9-6-10-15-21/h5-10,12-15,22-23H,3-4,11,16-19H2,1-2H3. The summed E-state index contributed by atoms with van der Waals surface area (Å²) in [5, 5.41) is 0. The molecule has 4 rings (SSSR count). The number of hydrogen-bond donors (Lipinski definition) is 0. The van der Waals surface area contributed by atoms with Crippen molar-refractivity contribution in [2.45, 2.75) is 58.5 Å². The summed E-state index contributed by atoms with van der Waals surface area (Å²) in [5.41, 5.74) is 0.205. The minimum absolute atomic E-state index is 0.102. The van der Waals surface area contributed by atoms with E-state index in [0.717, 1.165) is 56.8 Å². The summed E-state index contributed by atoms with van der Waals surface area (Å²) >= 11 is 0. The molecule has 2 saturated heterocycles. The minimum Gasteiger partial charge on any atom is -0.464 e. The van der Waals surface area contributed by atoms with Crippen molar-refractivity contribution in [2.75, 3.05) is 13.2 Å². The van der Waals surface area contributed by atoms with E-state index in [0.29, 0.717) is 0 Å². The fraction of sp³-hybridized carbons (Fsp3) is 0.520. The van der Waals surface area contributed by atoms with E-state index in [2.05, 4.69) is 13.8 Å². The molecule has 0 saturated carbocycles. The third-order valence-corrected chi connectivity index (χ3v) is 6.77. The molecule has 4 atom stereocenters. The number of ether oxygens (including phenoxy) is 4. The van der Waals surface area contributed by atoms with Gasteiger partial charge in [-0.2, -0.15) is 0 Å². The van der Waals surface area contributed by atoms with E-state index >= 15 is 0 Å². The monoisotopic (exact) mass is 396 g/mol. The zero-order valence-corrected chi connectivity index (χ0v) is 17.5. The lowest BCUT2D eigenvalue weighted by atomic mass is 9.72. The molecule has 4 heteroatoms. The second kappa shape index (κ2) is 8.76. The van der Waals surface area contributed by atoms with Crippen LogP contribution in [0.5, 0.6) is 11.5 Å². The van der Waals surface area contributed by atoms with Crippen LogP contribution in [0.1, 0.15) is 46.0 Å². The van der Waals surface area contributed by atoms with Crippen molar-refractivity contribution in [3.05, 3.63) is 60.7 Å². The van der Waals surface area contributed by atoms with Crippen LogP contribution >= 0.6 is 0 Å². The molecule has 0 amide bonds. The Bertz CT molecular complexity index is 691. The number of benzene rings is 2. The quantitative estimate of drug-likeness (QED) is 0.507. The molecule has 2 aliphatic rings. The van der Waals surface area contributed by atoms with Crippen LogP contribution in [0.2, 0.25) is 0 Å². The molecule has 0 aromatic heterocycles. The molecule has 156 valence electrons. The Morgan fingerprint density at radius 2 is 1.14 bits per heavy atom. The van der Waals surface area contributed by atoms with Gasteiger partial charge in [0.25, 0.3) is 0 Å². The first-order valence-corrected chi connectivity index (χ1v) is 10.9. The topological polar surface area (TPSA) is 36.9 Å². The van der Waals surface area contributed by atoms with Gasteiger partial charge in [-0.25, -0.2) is 0 Å². The second-order valence-corrected chi connectivity index (χ2v) is 8.43. The van der Waals surface area contributed by atoms with Gasteiger partial charge in [0.05, 0.1) is 24.0 Å². The fourth-order valence-electron chi connectivity index (χ4n) is 4.40. The van der Waals surface area contributed by atoms with E-state index in [1.165, 1.54) is 0 Å². The molecule has 0 N–H and O–H groups in total. The summed E-state index contributed by atoms with van der Waals surface area (Å²) in [6.45, 7) is 6.04. The van der Waals surface area contributed by atoms with Gasteiger partial charge in [-0.1, -0.05) is 56.7 Å². The highest BCUT2D eigenvalue weighted by molar-refractivity contribution is 5.22. The molecule has 0 spiro atoms. The lowest BCUT2D eigenvalue weighted by molar-refractivity contribution is -0.288. The molecule has 4 unspecified atom stereocenters. The molecular weight excluding hydrogens is 364 g/mol. The Hall–Kier alpha value is -2.04. The zero-order valence-electron chi connectivity index (χ0n) is 17.5. The molecule has 0 radical (unpaired) electrons. The van der Waals surface area contributed by atoms with Crippen LogP contribution in [0, 0.1) is 10.8 Å². The number of hydrogen-bond acceptors (Lipinski definition) is 4. The maximum Gasteiger partial charge on any atom is 0.207 e. The van der Waals surface area contributed by atoms with Gasteiger partial charge < -0.3 is 18.9 Å². The molecule has 0 bridgehead atoms. The van der Waals surface area contributed by atoms with Gasteiger partial charge in [-0.3, -0.25) is 0 Å². The van der Waals surface area contributed by atoms with E-state index < -0.39 is 0 Å². The van der Waals surface area contributed by atoms with E-state index in [4.69, 9.17) is 18.9 Å². The van der Waals surface area contributed by atoms with Gasteiger partial charge in [0.15, 0.2) is 0 Å². The van der Waals surface area contributed by atoms with Gasteiger partial charge in [-0.15, -0.1) is 0 Å². The van der Waals surface area contributed by atoms with Gasteiger partial charge in [0, 0.05) is 0 Å². The van der Waals surface area contributed by atoms with Crippen LogP contribution in [-0.2, 0) is 9.47 Å². The highest BCUT2D eigenvalue weighted by Crippen LogP contribution is 2.48. The highest BCUT2D eigenvalue weighted by atomic mass is 16.7. The third-order valence-electron chi connectivity index (χ3n) is 6.77. The lowest BCUT2D eigenvalue weighted by Gasteiger charge is -2.50. The molecule has 2 aliphatic heterocycles. The molecule has 29 heavy (non-hydrogen) atoms. The van der Waals surface area contributed by atoms with Crippen molar-refractivity contribution >= 4 is 0 Å². The minimum atomic E-state index is -0.151. The molecular formula is C25H32O4. The van der Waals surface area contributed by atoms with Crippen molar-refractivity contribution in [3.8, 4) is 11.5 Å². The Balaban J connectivity index is 1.32. The summed E-state index contributed by atoms with van der Waals surface area (Å²) in [5.74, 6) is 1.76. The van der Waals surface area contributed by atoms with Crippen LogP contribution in [-0.4, -0.2) is 25.8 Å². The van der Waals surface area contributed by atoms with Gasteiger partial charge >= 0.3 is 0 Å². The largest absolute Gasteiger partial charge is 0.464 e. The van der Waals surface area contributed by atoms with Crippen LogP contribution in [0.3, 0.4) is 0 Å². The van der Waals surface area contributed by atoms with Crippen molar-refractivity contribution in [2.24, 2.45) is 10.8 Å². The molecule has 2 heterocycles. The van der Waals surface area contributed by atoms with Crippen molar-refractivity contribution in [3.63, 3.8) is 0 Å². The number of para-hydroxylation sites is 2. The average Bonchev–Trinajstić information content (AvgIpc) is 2.76. The maximum atomic E-state index is 6.14. The fourth-order valence-corrected chi connectivity index (χ4v) is 4.40. The van der Waals surface area contributed by atoms with Crippen molar-refractivity contribution in [1.82, 2.24) is 0 Å². The maximum absolute atomic E-state index is 6.14. The van der Waals surface area contributed by atoms with Crippen LogP contribution in [0.25, 0.3) is 0 Å². The number of rotatable bonds is 10. The lowest BCUT2D eigenvalue weighted by Crippen LogP contribution is -2.56. The molecule has 4 nitrogen and oxygen atoms in total. The Morgan fingerprint density at radius 3 is 1.45 bits per heavy atom. The molecule has 2 fully saturated rings. The first kappa shape index (κ1) is 20.2. The highest BCUT2D eigenvalue weighted by Gasteiger charge is 2.51. The van der Waals surface area contributed by atoms with Gasteiger partial charge in [0.2, 0.25) is 12.6 Å². The SMILES string of the molecule is CCC1(CCCC2(CC)COC2Oc2ccccc2)COC1Oc1ccccc1. The first-order valence-electron chi connectivity index (χ1n) is 10.9. The summed E-state index contributed by atoms with van der Waals surface area (Å²) in [6.07, 6.45) is 5.14. The summed E-state index contributed by atoms with van der Waals surface area (Å²) in [6, 6.07) is 20.0. The van der Waals surface area contributed by atoms with E-state index in [1.54, 1.807) is 0 Å². The Kier molecular flexibility index (Phi) is 6.12. The Labute approximate surface area is 174 Å². The van der Waals surface area contributed by atoms with Gasteiger partial charge in [-0.05, 0) is 49.9 Å². The molecule has 2 aromatic carbocycles. The summed E-state index contributed by atoms with van der Waals surface area (Å²) in [4.78, 5) is 0. The molecule has 2 aromatic rings. The summed E-state index contributed by atoms with van der Waals surface area (Å²) < 4.78 is 23.9. The second-order valence-electron chi connectivity index (χ2n) is 8.43. The zero-order chi connectivity index (χ0) is 20.2. The van der Waals surface area contributed by atoms with E-state index in [9.17, 15) is 0 Å². The van der Waals surface area contributed by atoms with Crippen LogP contribution < -0.4 is 9.47 Å². The average molecular weight is 397 g/mol. The van der Waals surface area contributed by atoms with Crippen LogP contribution in [0.15, 0.2) is 60.7 Å². The Morgan fingerprint density at radius 1 is 0.724 bits per heavy atom. The predicted octanol–water partition coefficient (Wildman–Crippen LogP) is 5.82. The first-order chi connectivity index (χ1) is 14.2. The predicted molar refractivity (Wildman–Crippen MR) is 113 cm³/mol.